The van der Waals surface area contributed by atoms with Crippen molar-refractivity contribution < 1.29 is 18.0 Å². The number of carbonyl (C=O) groups excluding carboxylic acids is 2. The van der Waals surface area contributed by atoms with Gasteiger partial charge in [-0.15, -0.1) is 11.3 Å². The van der Waals surface area contributed by atoms with Gasteiger partial charge in [0.2, 0.25) is 5.91 Å². The summed E-state index contributed by atoms with van der Waals surface area (Å²) >= 11 is 7.07. The van der Waals surface area contributed by atoms with Crippen molar-refractivity contribution in [2.45, 2.75) is 25.8 Å². The number of benzene rings is 1. The van der Waals surface area contributed by atoms with Gasteiger partial charge in [-0.25, -0.2) is 4.98 Å². The molecule has 8 nitrogen and oxygen atoms in total. The molecule has 0 atom stereocenters. The molecule has 0 saturated carbocycles. The van der Waals surface area contributed by atoms with Gasteiger partial charge in [-0.05, 0) is 24.3 Å². The van der Waals surface area contributed by atoms with E-state index < -0.39 is 10.2 Å². The van der Waals surface area contributed by atoms with Crippen molar-refractivity contribution in [3.8, 4) is 0 Å². The second kappa shape index (κ2) is 8.88. The van der Waals surface area contributed by atoms with E-state index in [4.69, 9.17) is 11.6 Å². The minimum Gasteiger partial charge on any atom is -0.302 e. The minimum atomic E-state index is -3.49. The zero-order chi connectivity index (χ0) is 21.2. The van der Waals surface area contributed by atoms with Crippen LogP contribution >= 0.6 is 22.9 Å². The van der Waals surface area contributed by atoms with Crippen molar-refractivity contribution in [2.24, 2.45) is 0 Å². The second-order valence-electron chi connectivity index (χ2n) is 6.74. The Labute approximate surface area is 178 Å². The molecule has 0 saturated heterocycles. The SMILES string of the molecule is CN(C)S(=O)(=O)N1CCc2nc(NC(=O)CCC(=O)c3ccc(Cl)cc3)sc2C1. The number of nitrogens with zero attached hydrogens (tertiary/aromatic N) is 3. The molecule has 29 heavy (non-hydrogen) atoms. The highest BCUT2D eigenvalue weighted by molar-refractivity contribution is 7.86. The summed E-state index contributed by atoms with van der Waals surface area (Å²) in [6, 6.07) is 6.53. The normalized spacial score (nSPS) is 14.6. The molecule has 2 heterocycles. The van der Waals surface area contributed by atoms with E-state index in [9.17, 15) is 18.0 Å². The number of amides is 1. The number of thiazole rings is 1. The van der Waals surface area contributed by atoms with Gasteiger partial charge in [-0.3, -0.25) is 9.59 Å². The third-order valence-electron chi connectivity index (χ3n) is 4.48. The summed E-state index contributed by atoms with van der Waals surface area (Å²) in [5.74, 6) is -0.448. The van der Waals surface area contributed by atoms with E-state index in [1.54, 1.807) is 24.3 Å². The van der Waals surface area contributed by atoms with Gasteiger partial charge in [0, 0.05) is 55.4 Å². The molecule has 3 rings (SSSR count). The molecule has 11 heteroatoms. The molecule has 2 aromatic rings. The first kappa shape index (κ1) is 21.8. The van der Waals surface area contributed by atoms with Crippen molar-refractivity contribution in [1.29, 1.82) is 0 Å². The van der Waals surface area contributed by atoms with Crippen LogP contribution in [0.4, 0.5) is 5.13 Å². The third kappa shape index (κ3) is 5.20. The predicted octanol–water partition coefficient (Wildman–Crippen LogP) is 2.56. The first-order valence-electron chi connectivity index (χ1n) is 8.91. The molecule has 156 valence electrons. The Morgan fingerprint density at radius 1 is 1.24 bits per heavy atom. The summed E-state index contributed by atoms with van der Waals surface area (Å²) in [5, 5.41) is 3.67. The first-order valence-corrected chi connectivity index (χ1v) is 11.5. The largest absolute Gasteiger partial charge is 0.302 e. The van der Waals surface area contributed by atoms with Crippen LogP contribution in [-0.4, -0.2) is 54.3 Å². The van der Waals surface area contributed by atoms with Crippen LogP contribution < -0.4 is 5.32 Å². The average Bonchev–Trinajstić information content (AvgIpc) is 3.07. The van der Waals surface area contributed by atoms with Crippen molar-refractivity contribution in [1.82, 2.24) is 13.6 Å². The number of Topliss-reactive ketones (excluding diaryl/α,β-unsaturated/α-hetero) is 1. The van der Waals surface area contributed by atoms with E-state index in [1.165, 1.54) is 34.0 Å². The smallest absolute Gasteiger partial charge is 0.281 e. The number of anilines is 1. The molecule has 0 radical (unpaired) electrons. The molecule has 0 fully saturated rings. The number of carbonyl (C=O) groups is 2. The van der Waals surface area contributed by atoms with Crippen LogP contribution in [0.3, 0.4) is 0 Å². The number of ketones is 1. The Bertz CT molecular complexity index is 1020. The molecule has 1 amide bonds. The lowest BCUT2D eigenvalue weighted by atomic mass is 10.1. The fourth-order valence-corrected chi connectivity index (χ4v) is 5.17. The number of fused-ring (bicyclic) bond motifs is 1. The lowest BCUT2D eigenvalue weighted by Crippen LogP contribution is -2.42. The Morgan fingerprint density at radius 3 is 2.59 bits per heavy atom. The molecule has 1 aromatic heterocycles. The van der Waals surface area contributed by atoms with E-state index in [0.29, 0.717) is 28.7 Å². The third-order valence-corrected chi connectivity index (χ3v) is 7.61. The van der Waals surface area contributed by atoms with Gasteiger partial charge in [-0.2, -0.15) is 17.0 Å². The van der Waals surface area contributed by atoms with Crippen LogP contribution in [0.5, 0.6) is 0 Å². The van der Waals surface area contributed by atoms with Crippen molar-refractivity contribution in [3.05, 3.63) is 45.4 Å². The number of aromatic nitrogens is 1. The fraction of sp³-hybridized carbons (Fsp3) is 0.389. The van der Waals surface area contributed by atoms with E-state index in [0.717, 1.165) is 10.6 Å². The van der Waals surface area contributed by atoms with Gasteiger partial charge in [-0.1, -0.05) is 11.6 Å². The molecule has 1 aliphatic rings. The number of halogens is 1. The predicted molar refractivity (Wildman–Crippen MR) is 112 cm³/mol. The van der Waals surface area contributed by atoms with Crippen LogP contribution in [0.2, 0.25) is 5.02 Å². The van der Waals surface area contributed by atoms with Crippen LogP contribution in [0.1, 0.15) is 33.8 Å². The van der Waals surface area contributed by atoms with E-state index in [-0.39, 0.29) is 31.1 Å². The van der Waals surface area contributed by atoms with Gasteiger partial charge in [0.25, 0.3) is 10.2 Å². The highest BCUT2D eigenvalue weighted by Crippen LogP contribution is 2.30. The maximum absolute atomic E-state index is 12.3. The molecule has 1 N–H and O–H groups in total. The monoisotopic (exact) mass is 456 g/mol. The van der Waals surface area contributed by atoms with E-state index >= 15 is 0 Å². The molecule has 0 spiro atoms. The summed E-state index contributed by atoms with van der Waals surface area (Å²) in [6.45, 7) is 0.582. The van der Waals surface area contributed by atoms with Crippen molar-refractivity contribution in [3.63, 3.8) is 0 Å². The Hall–Kier alpha value is -1.85. The van der Waals surface area contributed by atoms with Crippen molar-refractivity contribution >= 4 is 50.0 Å². The summed E-state index contributed by atoms with van der Waals surface area (Å²) in [6.07, 6.45) is 0.601. The molecule has 1 aromatic carbocycles. The lowest BCUT2D eigenvalue weighted by Gasteiger charge is -2.27. The van der Waals surface area contributed by atoms with Gasteiger partial charge < -0.3 is 5.32 Å². The number of hydrogen-bond acceptors (Lipinski definition) is 6. The quantitative estimate of drug-likeness (QED) is 0.645. The number of nitrogens with one attached hydrogen (secondary N) is 1. The number of hydrogen-bond donors (Lipinski definition) is 1. The fourth-order valence-electron chi connectivity index (χ4n) is 2.84. The first-order chi connectivity index (χ1) is 13.7. The highest BCUT2D eigenvalue weighted by atomic mass is 35.5. The second-order valence-corrected chi connectivity index (χ2v) is 10.4. The Balaban J connectivity index is 1.57. The molecular formula is C18H21ClN4O4S2. The molecule has 0 unspecified atom stereocenters. The van der Waals surface area contributed by atoms with Crippen LogP contribution in [-0.2, 0) is 28.0 Å². The summed E-state index contributed by atoms with van der Waals surface area (Å²) in [7, 11) is -0.502. The summed E-state index contributed by atoms with van der Waals surface area (Å²) in [4.78, 5) is 29.6. The lowest BCUT2D eigenvalue weighted by molar-refractivity contribution is -0.116. The molecule has 0 aliphatic carbocycles. The number of rotatable bonds is 7. The van der Waals surface area contributed by atoms with Gasteiger partial charge in [0.1, 0.15) is 0 Å². The molecular weight excluding hydrogens is 436 g/mol. The van der Waals surface area contributed by atoms with E-state index in [2.05, 4.69) is 10.3 Å². The zero-order valence-electron chi connectivity index (χ0n) is 16.0. The van der Waals surface area contributed by atoms with Crippen LogP contribution in [0.25, 0.3) is 0 Å². The van der Waals surface area contributed by atoms with Crippen LogP contribution in [0, 0.1) is 0 Å². The van der Waals surface area contributed by atoms with E-state index in [1.807, 2.05) is 0 Å². The summed E-state index contributed by atoms with van der Waals surface area (Å²) < 4.78 is 27.2. The van der Waals surface area contributed by atoms with Crippen LogP contribution in [0.15, 0.2) is 24.3 Å². The average molecular weight is 457 g/mol. The highest BCUT2D eigenvalue weighted by Gasteiger charge is 2.30. The zero-order valence-corrected chi connectivity index (χ0v) is 18.4. The molecule has 0 bridgehead atoms. The Morgan fingerprint density at radius 2 is 1.93 bits per heavy atom. The summed E-state index contributed by atoms with van der Waals surface area (Å²) in [5.41, 5.74) is 1.31. The van der Waals surface area contributed by atoms with Gasteiger partial charge in [0.05, 0.1) is 12.2 Å². The van der Waals surface area contributed by atoms with Gasteiger partial charge in [0.15, 0.2) is 10.9 Å². The van der Waals surface area contributed by atoms with Gasteiger partial charge >= 0.3 is 0 Å². The standard InChI is InChI=1S/C18H21ClN4O4S2/c1-22(2)29(26,27)23-10-9-14-16(11-23)28-18(20-14)21-17(25)8-7-15(24)12-3-5-13(19)6-4-12/h3-6H,7-11H2,1-2H3,(H,20,21,25). The minimum absolute atomic E-state index is 0.0346. The topological polar surface area (TPSA) is 99.7 Å². The maximum atomic E-state index is 12.3. The Kier molecular flexibility index (Phi) is 6.69. The maximum Gasteiger partial charge on any atom is 0.281 e. The van der Waals surface area contributed by atoms with Crippen molar-refractivity contribution in [2.75, 3.05) is 26.0 Å². The molecule has 1 aliphatic heterocycles.